The van der Waals surface area contributed by atoms with Crippen LogP contribution in [0.15, 0.2) is 65.6 Å². The largest absolute Gasteiger partial charge is 0.497 e. The van der Waals surface area contributed by atoms with Crippen LogP contribution in [0, 0.1) is 13.8 Å². The number of rotatable bonds is 14. The summed E-state index contributed by atoms with van der Waals surface area (Å²) in [6.45, 7) is 5.16. The first kappa shape index (κ1) is 35.6. The summed E-state index contributed by atoms with van der Waals surface area (Å²) in [4.78, 5) is 29.8. The van der Waals surface area contributed by atoms with Gasteiger partial charge in [-0.25, -0.2) is 8.42 Å². The number of ether oxygens (including phenoxy) is 3. The number of carbonyl (C=O) groups excluding carboxylic acids is 2. The van der Waals surface area contributed by atoms with E-state index >= 15 is 0 Å². The van der Waals surface area contributed by atoms with Crippen molar-refractivity contribution in [2.45, 2.75) is 82.8 Å². The Kier molecular flexibility index (Phi) is 12.1. The van der Waals surface area contributed by atoms with Crippen molar-refractivity contribution in [1.82, 2.24) is 10.2 Å². The molecule has 0 bridgehead atoms. The summed E-state index contributed by atoms with van der Waals surface area (Å²) in [5, 5.41) is 3.18. The van der Waals surface area contributed by atoms with E-state index in [0.717, 1.165) is 53.1 Å². The van der Waals surface area contributed by atoms with Crippen molar-refractivity contribution >= 4 is 27.5 Å². The van der Waals surface area contributed by atoms with Gasteiger partial charge in [0, 0.05) is 18.7 Å². The lowest BCUT2D eigenvalue weighted by atomic mass is 9.95. The van der Waals surface area contributed by atoms with Crippen LogP contribution in [-0.2, 0) is 26.2 Å². The molecule has 3 aromatic carbocycles. The number of hydrogen-bond donors (Lipinski definition) is 1. The monoisotopic (exact) mass is 665 g/mol. The van der Waals surface area contributed by atoms with E-state index in [1.54, 1.807) is 25.3 Å². The van der Waals surface area contributed by atoms with Gasteiger partial charge in [-0.3, -0.25) is 13.9 Å². The predicted octanol–water partition coefficient (Wildman–Crippen LogP) is 5.78. The zero-order valence-corrected chi connectivity index (χ0v) is 29.1. The molecule has 0 radical (unpaired) electrons. The second kappa shape index (κ2) is 16.0. The smallest absolute Gasteiger partial charge is 0.264 e. The van der Waals surface area contributed by atoms with Gasteiger partial charge in [0.15, 0.2) is 11.5 Å². The van der Waals surface area contributed by atoms with Crippen LogP contribution < -0.4 is 23.8 Å². The minimum absolute atomic E-state index is 0.0521. The van der Waals surface area contributed by atoms with E-state index in [1.165, 1.54) is 37.3 Å². The van der Waals surface area contributed by atoms with Gasteiger partial charge in [-0.05, 0) is 86.2 Å². The molecule has 3 aromatic rings. The predicted molar refractivity (Wildman–Crippen MR) is 183 cm³/mol. The van der Waals surface area contributed by atoms with E-state index in [-0.39, 0.29) is 29.1 Å². The van der Waals surface area contributed by atoms with Crippen LogP contribution in [0.2, 0.25) is 0 Å². The van der Waals surface area contributed by atoms with Gasteiger partial charge < -0.3 is 24.4 Å². The van der Waals surface area contributed by atoms with Crippen LogP contribution in [0.5, 0.6) is 17.2 Å². The first-order chi connectivity index (χ1) is 22.5. The van der Waals surface area contributed by atoms with Crippen molar-refractivity contribution in [3.63, 3.8) is 0 Å². The van der Waals surface area contributed by atoms with Gasteiger partial charge in [0.05, 0.1) is 31.9 Å². The Morgan fingerprint density at radius 3 is 2.17 bits per heavy atom. The first-order valence-electron chi connectivity index (χ1n) is 16.1. The summed E-state index contributed by atoms with van der Waals surface area (Å²) >= 11 is 0. The van der Waals surface area contributed by atoms with Crippen molar-refractivity contribution in [3.8, 4) is 17.2 Å². The highest BCUT2D eigenvalue weighted by atomic mass is 32.2. The molecule has 1 aliphatic carbocycles. The highest BCUT2D eigenvalue weighted by Gasteiger charge is 2.35. The summed E-state index contributed by atoms with van der Waals surface area (Å²) in [5.74, 6) is 0.477. The molecule has 1 N–H and O–H groups in total. The lowest BCUT2D eigenvalue weighted by Gasteiger charge is -2.34. The highest BCUT2D eigenvalue weighted by Crippen LogP contribution is 2.33. The minimum atomic E-state index is -4.30. The van der Waals surface area contributed by atoms with Gasteiger partial charge >= 0.3 is 0 Å². The van der Waals surface area contributed by atoms with Crippen molar-refractivity contribution in [1.29, 1.82) is 0 Å². The molecule has 10 nitrogen and oxygen atoms in total. The fourth-order valence-electron chi connectivity index (χ4n) is 6.16. The Morgan fingerprint density at radius 1 is 0.872 bits per heavy atom. The molecule has 11 heteroatoms. The number of aryl methyl sites for hydroxylation is 2. The third-order valence-corrected chi connectivity index (χ3v) is 10.3. The maximum atomic E-state index is 14.5. The molecule has 0 heterocycles. The van der Waals surface area contributed by atoms with Gasteiger partial charge in [-0.15, -0.1) is 0 Å². The molecule has 1 aliphatic rings. The molecular formula is C36H47N3O7S. The molecule has 0 saturated heterocycles. The van der Waals surface area contributed by atoms with Crippen LogP contribution in [-0.4, -0.2) is 65.1 Å². The van der Waals surface area contributed by atoms with Crippen LogP contribution in [0.25, 0.3) is 0 Å². The molecule has 1 atom stereocenters. The van der Waals surface area contributed by atoms with E-state index in [2.05, 4.69) is 5.32 Å². The zero-order chi connectivity index (χ0) is 34.1. The second-order valence-electron chi connectivity index (χ2n) is 12.0. The molecule has 1 saturated carbocycles. The van der Waals surface area contributed by atoms with Crippen molar-refractivity contribution in [2.24, 2.45) is 0 Å². The molecular weight excluding hydrogens is 618 g/mol. The zero-order valence-electron chi connectivity index (χ0n) is 28.2. The van der Waals surface area contributed by atoms with Crippen LogP contribution in [0.4, 0.5) is 5.69 Å². The average Bonchev–Trinajstić information content (AvgIpc) is 3.06. The Bertz CT molecular complexity index is 1630. The third kappa shape index (κ3) is 8.77. The van der Waals surface area contributed by atoms with E-state index in [4.69, 9.17) is 14.2 Å². The Balaban J connectivity index is 1.77. The summed E-state index contributed by atoms with van der Waals surface area (Å²) in [7, 11) is 0.162. The maximum Gasteiger partial charge on any atom is 0.264 e. The Morgan fingerprint density at radius 2 is 1.55 bits per heavy atom. The topological polar surface area (TPSA) is 114 Å². The maximum absolute atomic E-state index is 14.5. The normalized spacial score (nSPS) is 14.2. The van der Waals surface area contributed by atoms with Gasteiger partial charge in [0.1, 0.15) is 18.3 Å². The van der Waals surface area contributed by atoms with Crippen molar-refractivity contribution < 1.29 is 32.2 Å². The van der Waals surface area contributed by atoms with Crippen LogP contribution in [0.1, 0.15) is 62.1 Å². The number of amides is 2. The first-order valence-corrected chi connectivity index (χ1v) is 17.5. The molecule has 47 heavy (non-hydrogen) atoms. The summed E-state index contributed by atoms with van der Waals surface area (Å²) in [6, 6.07) is 16.3. The number of nitrogens with one attached hydrogen (secondary N) is 1. The molecule has 1 fully saturated rings. The molecule has 4 rings (SSSR count). The van der Waals surface area contributed by atoms with E-state index in [1.807, 2.05) is 45.0 Å². The number of hydrogen-bond acceptors (Lipinski definition) is 7. The number of anilines is 1. The lowest BCUT2D eigenvalue weighted by molar-refractivity contribution is -0.140. The molecule has 0 spiro atoms. The van der Waals surface area contributed by atoms with Crippen LogP contribution >= 0.6 is 0 Å². The van der Waals surface area contributed by atoms with Crippen molar-refractivity contribution in [3.05, 3.63) is 77.4 Å². The summed E-state index contributed by atoms with van der Waals surface area (Å²) in [6.07, 6.45) is 5.39. The summed E-state index contributed by atoms with van der Waals surface area (Å²) in [5.41, 5.74) is 2.77. The molecule has 0 aromatic heterocycles. The fourth-order valence-corrected chi connectivity index (χ4v) is 7.57. The Hall–Kier alpha value is -4.25. The molecule has 254 valence electrons. The SMILES string of the molecule is CC[C@H](C(=O)NC1CCCCC1)N(Cc1cccc(OC)c1)C(=O)CN(c1cc(C)cc(C)c1)S(=O)(=O)c1ccc(OC)c(OC)c1. The second-order valence-corrected chi connectivity index (χ2v) is 13.9. The third-order valence-electron chi connectivity index (χ3n) is 8.54. The van der Waals surface area contributed by atoms with Crippen molar-refractivity contribution in [2.75, 3.05) is 32.2 Å². The Labute approximate surface area is 279 Å². The molecule has 0 aliphatic heterocycles. The lowest BCUT2D eigenvalue weighted by Crippen LogP contribution is -2.54. The van der Waals surface area contributed by atoms with Gasteiger partial charge in [-0.2, -0.15) is 0 Å². The van der Waals surface area contributed by atoms with Gasteiger partial charge in [0.2, 0.25) is 11.8 Å². The summed E-state index contributed by atoms with van der Waals surface area (Å²) < 4.78 is 46.1. The molecule has 0 unspecified atom stereocenters. The molecule has 2 amide bonds. The number of benzene rings is 3. The van der Waals surface area contributed by atoms with E-state index in [9.17, 15) is 18.0 Å². The van der Waals surface area contributed by atoms with E-state index < -0.39 is 28.5 Å². The number of carbonyl (C=O) groups is 2. The standard InChI is InChI=1S/C36H47N3O7S/c1-7-32(36(41)37-28-13-9-8-10-14-28)38(23-27-12-11-15-30(21-27)44-4)35(40)24-39(29-19-25(2)18-26(3)20-29)47(42,43)31-16-17-33(45-5)34(22-31)46-6/h11-12,15-22,28,32H,7-10,13-14,23-24H2,1-6H3,(H,37,41)/t32-/m1/s1. The van der Waals surface area contributed by atoms with Crippen LogP contribution in [0.3, 0.4) is 0 Å². The average molecular weight is 666 g/mol. The minimum Gasteiger partial charge on any atom is -0.497 e. The number of sulfonamides is 1. The number of nitrogens with zero attached hydrogens (tertiary/aromatic N) is 2. The van der Waals surface area contributed by atoms with Gasteiger partial charge in [-0.1, -0.05) is 44.4 Å². The van der Waals surface area contributed by atoms with Gasteiger partial charge in [0.25, 0.3) is 10.0 Å². The van der Waals surface area contributed by atoms with E-state index in [0.29, 0.717) is 23.6 Å². The quantitative estimate of drug-likeness (QED) is 0.232. The number of methoxy groups -OCH3 is 3. The fraction of sp³-hybridized carbons (Fsp3) is 0.444. The highest BCUT2D eigenvalue weighted by molar-refractivity contribution is 7.92.